The number of ether oxygens (including phenoxy) is 1. The van der Waals surface area contributed by atoms with Crippen LogP contribution in [0.2, 0.25) is 0 Å². The predicted octanol–water partition coefficient (Wildman–Crippen LogP) is 0.528. The third-order valence-corrected chi connectivity index (χ3v) is 2.23. The topological polar surface area (TPSA) is 73.1 Å². The molecule has 1 aliphatic rings. The van der Waals surface area contributed by atoms with Gasteiger partial charge in [0.2, 0.25) is 0 Å². The van der Waals surface area contributed by atoms with Crippen LogP contribution in [0.25, 0.3) is 0 Å². The number of fused-ring (bicyclic) bond motifs is 1. The molecule has 2 rings (SSSR count). The van der Waals surface area contributed by atoms with E-state index in [0.717, 1.165) is 11.3 Å². The minimum Gasteiger partial charge on any atom is -0.364 e. The number of anilines is 1. The standard InChI is InChI=1S/C8H12N4O/c1-8(2)6-5(3-13-8)10-4-11-7(6)12-9/h4H,3,9H2,1-2H3,(H,10,11,12). The summed E-state index contributed by atoms with van der Waals surface area (Å²) in [6.07, 6.45) is 1.48. The molecule has 5 nitrogen and oxygen atoms in total. The van der Waals surface area contributed by atoms with E-state index in [9.17, 15) is 0 Å². The normalized spacial score (nSPS) is 18.4. The monoisotopic (exact) mass is 180 g/mol. The van der Waals surface area contributed by atoms with Crippen LogP contribution in [0, 0.1) is 0 Å². The molecule has 0 unspecified atom stereocenters. The lowest BCUT2D eigenvalue weighted by molar-refractivity contribution is -0.00813. The Bertz CT molecular complexity index is 337. The van der Waals surface area contributed by atoms with E-state index in [1.165, 1.54) is 6.33 Å². The first kappa shape index (κ1) is 8.40. The van der Waals surface area contributed by atoms with Gasteiger partial charge >= 0.3 is 0 Å². The Kier molecular flexibility index (Phi) is 1.71. The van der Waals surface area contributed by atoms with Gasteiger partial charge in [0, 0.05) is 0 Å². The molecule has 0 aliphatic carbocycles. The fraction of sp³-hybridized carbons (Fsp3) is 0.500. The fourth-order valence-electron chi connectivity index (χ4n) is 1.59. The average Bonchev–Trinajstić information content (AvgIpc) is 2.43. The van der Waals surface area contributed by atoms with Crippen molar-refractivity contribution < 1.29 is 4.74 Å². The van der Waals surface area contributed by atoms with Crippen LogP contribution in [0.15, 0.2) is 6.33 Å². The third kappa shape index (κ3) is 1.16. The molecule has 0 aromatic carbocycles. The van der Waals surface area contributed by atoms with Gasteiger partial charge in [-0.3, -0.25) is 0 Å². The molecule has 0 fully saturated rings. The van der Waals surface area contributed by atoms with Crippen LogP contribution in [-0.2, 0) is 16.9 Å². The van der Waals surface area contributed by atoms with E-state index >= 15 is 0 Å². The lowest BCUT2D eigenvalue weighted by Crippen LogP contribution is -2.20. The summed E-state index contributed by atoms with van der Waals surface area (Å²) < 4.78 is 5.56. The van der Waals surface area contributed by atoms with E-state index < -0.39 is 0 Å². The van der Waals surface area contributed by atoms with Crippen LogP contribution in [0.3, 0.4) is 0 Å². The number of hydrazine groups is 1. The zero-order chi connectivity index (χ0) is 9.47. The van der Waals surface area contributed by atoms with Crippen molar-refractivity contribution >= 4 is 5.82 Å². The van der Waals surface area contributed by atoms with Gasteiger partial charge < -0.3 is 10.2 Å². The first-order valence-corrected chi connectivity index (χ1v) is 4.10. The van der Waals surface area contributed by atoms with Crippen LogP contribution in [0.4, 0.5) is 5.82 Å². The average molecular weight is 180 g/mol. The zero-order valence-corrected chi connectivity index (χ0v) is 7.66. The van der Waals surface area contributed by atoms with Crippen molar-refractivity contribution in [3.8, 4) is 0 Å². The van der Waals surface area contributed by atoms with Gasteiger partial charge in [-0.05, 0) is 13.8 Å². The Morgan fingerprint density at radius 3 is 3.00 bits per heavy atom. The van der Waals surface area contributed by atoms with Crippen LogP contribution in [-0.4, -0.2) is 9.97 Å². The smallest absolute Gasteiger partial charge is 0.149 e. The van der Waals surface area contributed by atoms with Crippen molar-refractivity contribution in [3.63, 3.8) is 0 Å². The molecule has 1 aromatic heterocycles. The van der Waals surface area contributed by atoms with E-state index in [-0.39, 0.29) is 5.60 Å². The van der Waals surface area contributed by atoms with Gasteiger partial charge in [-0.2, -0.15) is 0 Å². The van der Waals surface area contributed by atoms with Gasteiger partial charge in [0.05, 0.1) is 23.5 Å². The van der Waals surface area contributed by atoms with Gasteiger partial charge in [-0.1, -0.05) is 0 Å². The van der Waals surface area contributed by atoms with Gasteiger partial charge in [-0.15, -0.1) is 0 Å². The fourth-order valence-corrected chi connectivity index (χ4v) is 1.59. The Labute approximate surface area is 76.3 Å². The zero-order valence-electron chi connectivity index (χ0n) is 7.66. The molecule has 0 saturated carbocycles. The Hall–Kier alpha value is -1.20. The maximum Gasteiger partial charge on any atom is 0.149 e. The lowest BCUT2D eigenvalue weighted by Gasteiger charge is -2.19. The van der Waals surface area contributed by atoms with Crippen molar-refractivity contribution in [2.75, 3.05) is 5.43 Å². The number of aromatic nitrogens is 2. The number of nitrogens with zero attached hydrogens (tertiary/aromatic N) is 2. The summed E-state index contributed by atoms with van der Waals surface area (Å²) >= 11 is 0. The number of nitrogens with two attached hydrogens (primary N) is 1. The van der Waals surface area contributed by atoms with Crippen molar-refractivity contribution in [2.24, 2.45) is 5.84 Å². The van der Waals surface area contributed by atoms with Gasteiger partial charge in [0.15, 0.2) is 0 Å². The molecule has 2 heterocycles. The van der Waals surface area contributed by atoms with Crippen LogP contribution in [0.1, 0.15) is 25.1 Å². The molecule has 5 heteroatoms. The molecule has 70 valence electrons. The maximum atomic E-state index is 5.56. The van der Waals surface area contributed by atoms with Crippen molar-refractivity contribution in [1.29, 1.82) is 0 Å². The summed E-state index contributed by atoms with van der Waals surface area (Å²) in [5.41, 5.74) is 4.07. The molecule has 1 aromatic rings. The number of hydrogen-bond donors (Lipinski definition) is 2. The molecule has 0 radical (unpaired) electrons. The quantitative estimate of drug-likeness (QED) is 0.487. The lowest BCUT2D eigenvalue weighted by atomic mass is 10.00. The highest BCUT2D eigenvalue weighted by atomic mass is 16.5. The van der Waals surface area contributed by atoms with E-state index in [1.54, 1.807) is 0 Å². The molecule has 3 N–H and O–H groups in total. The van der Waals surface area contributed by atoms with Crippen LogP contribution >= 0.6 is 0 Å². The Balaban J connectivity index is 2.60. The molecule has 0 bridgehead atoms. The minimum atomic E-state index is -0.349. The van der Waals surface area contributed by atoms with Crippen molar-refractivity contribution in [2.45, 2.75) is 26.1 Å². The van der Waals surface area contributed by atoms with Crippen LogP contribution in [0.5, 0.6) is 0 Å². The number of hydrogen-bond acceptors (Lipinski definition) is 5. The minimum absolute atomic E-state index is 0.349. The first-order chi connectivity index (χ1) is 6.15. The van der Waals surface area contributed by atoms with Gasteiger partial charge in [0.1, 0.15) is 12.1 Å². The maximum absolute atomic E-state index is 5.56. The Morgan fingerprint density at radius 1 is 1.54 bits per heavy atom. The molecule has 13 heavy (non-hydrogen) atoms. The first-order valence-electron chi connectivity index (χ1n) is 4.10. The summed E-state index contributed by atoms with van der Waals surface area (Å²) in [4.78, 5) is 8.17. The second kappa shape index (κ2) is 2.65. The SMILES string of the molecule is CC1(C)OCc2ncnc(NN)c21. The number of rotatable bonds is 1. The van der Waals surface area contributed by atoms with E-state index in [2.05, 4.69) is 15.4 Å². The second-order valence-corrected chi connectivity index (χ2v) is 3.49. The van der Waals surface area contributed by atoms with Gasteiger partial charge in [-0.25, -0.2) is 15.8 Å². The summed E-state index contributed by atoms with van der Waals surface area (Å²) in [5, 5.41) is 0. The molecule has 1 aliphatic heterocycles. The molecular formula is C8H12N4O. The molecule has 0 spiro atoms. The van der Waals surface area contributed by atoms with Crippen molar-refractivity contribution in [3.05, 3.63) is 17.6 Å². The summed E-state index contributed by atoms with van der Waals surface area (Å²) in [7, 11) is 0. The van der Waals surface area contributed by atoms with E-state index in [4.69, 9.17) is 10.6 Å². The largest absolute Gasteiger partial charge is 0.364 e. The number of nitrogen functional groups attached to an aromatic ring is 1. The Morgan fingerprint density at radius 2 is 2.31 bits per heavy atom. The van der Waals surface area contributed by atoms with Crippen molar-refractivity contribution in [1.82, 2.24) is 9.97 Å². The highest BCUT2D eigenvalue weighted by Gasteiger charge is 2.35. The summed E-state index contributed by atoms with van der Waals surface area (Å²) in [6.45, 7) is 4.48. The summed E-state index contributed by atoms with van der Waals surface area (Å²) in [6, 6.07) is 0. The van der Waals surface area contributed by atoms with E-state index in [1.807, 2.05) is 13.8 Å². The molecule has 0 saturated heterocycles. The van der Waals surface area contributed by atoms with Crippen LogP contribution < -0.4 is 11.3 Å². The molecule has 0 amide bonds. The predicted molar refractivity (Wildman–Crippen MR) is 47.7 cm³/mol. The number of nitrogens with one attached hydrogen (secondary N) is 1. The summed E-state index contributed by atoms with van der Waals surface area (Å²) in [5.74, 6) is 5.99. The third-order valence-electron chi connectivity index (χ3n) is 2.23. The molecular weight excluding hydrogens is 168 g/mol. The highest BCUT2D eigenvalue weighted by molar-refractivity contribution is 5.49. The highest BCUT2D eigenvalue weighted by Crippen LogP contribution is 2.37. The second-order valence-electron chi connectivity index (χ2n) is 3.49. The molecule has 0 atom stereocenters. The van der Waals surface area contributed by atoms with E-state index in [0.29, 0.717) is 12.4 Å². The van der Waals surface area contributed by atoms with Gasteiger partial charge in [0.25, 0.3) is 0 Å².